The molecule has 1 heterocycles. The van der Waals surface area contributed by atoms with E-state index in [2.05, 4.69) is 22.8 Å². The summed E-state index contributed by atoms with van der Waals surface area (Å²) in [6, 6.07) is 15.3. The molecule has 1 saturated heterocycles. The number of benzene rings is 2. The molecule has 1 aliphatic heterocycles. The Morgan fingerprint density at radius 1 is 1.03 bits per heavy atom. The molecule has 3 rings (SSSR count). The van der Waals surface area contributed by atoms with E-state index < -0.39 is 10.0 Å². The summed E-state index contributed by atoms with van der Waals surface area (Å²) in [6.07, 6.45) is 4.68. The molecule has 1 fully saturated rings. The lowest BCUT2D eigenvalue weighted by atomic mass is 10.1. The predicted molar refractivity (Wildman–Crippen MR) is 120 cm³/mol. The van der Waals surface area contributed by atoms with Gasteiger partial charge in [0.15, 0.2) is 0 Å². The maximum Gasteiger partial charge on any atom is 0.243 e. The Morgan fingerprint density at radius 3 is 2.50 bits per heavy atom. The standard InChI is InChI=1S/C23H31N3O3S/c1-19-12-13-21(30(28,29)26-15-6-3-7-16-26)17-22(19)25-18-23(27)24-14-8-11-20-9-4-2-5-10-20/h2,4-5,9-10,12-13,17,25H,3,6-8,11,14-16,18H2,1H3,(H,24,27). The van der Waals surface area contributed by atoms with E-state index in [0.29, 0.717) is 25.3 Å². The second kappa shape index (κ2) is 10.6. The van der Waals surface area contributed by atoms with Gasteiger partial charge in [-0.3, -0.25) is 4.79 Å². The van der Waals surface area contributed by atoms with Crippen molar-refractivity contribution >= 4 is 21.6 Å². The number of rotatable bonds is 9. The van der Waals surface area contributed by atoms with E-state index in [0.717, 1.165) is 37.7 Å². The molecular formula is C23H31N3O3S. The largest absolute Gasteiger partial charge is 0.376 e. The molecule has 0 aromatic heterocycles. The van der Waals surface area contributed by atoms with Crippen molar-refractivity contribution in [1.82, 2.24) is 9.62 Å². The summed E-state index contributed by atoms with van der Waals surface area (Å²) in [4.78, 5) is 12.4. The van der Waals surface area contributed by atoms with Crippen molar-refractivity contribution in [2.75, 3.05) is 31.5 Å². The molecule has 0 atom stereocenters. The number of anilines is 1. The van der Waals surface area contributed by atoms with E-state index in [-0.39, 0.29) is 17.3 Å². The van der Waals surface area contributed by atoms with Gasteiger partial charge in [0, 0.05) is 25.3 Å². The summed E-state index contributed by atoms with van der Waals surface area (Å²) in [5.41, 5.74) is 2.84. The number of aryl methyl sites for hydroxylation is 2. The Kier molecular flexibility index (Phi) is 7.87. The number of nitrogens with one attached hydrogen (secondary N) is 2. The van der Waals surface area contributed by atoms with Gasteiger partial charge in [-0.1, -0.05) is 42.8 Å². The second-order valence-corrected chi connectivity index (χ2v) is 9.67. The van der Waals surface area contributed by atoms with E-state index in [1.165, 1.54) is 5.56 Å². The van der Waals surface area contributed by atoms with Crippen molar-refractivity contribution in [2.45, 2.75) is 43.9 Å². The number of sulfonamides is 1. The minimum absolute atomic E-state index is 0.105. The Balaban J connectivity index is 1.51. The highest BCUT2D eigenvalue weighted by Crippen LogP contribution is 2.25. The summed E-state index contributed by atoms with van der Waals surface area (Å²) in [6.45, 7) is 3.77. The van der Waals surface area contributed by atoms with Gasteiger partial charge in [0.05, 0.1) is 11.4 Å². The van der Waals surface area contributed by atoms with Crippen molar-refractivity contribution in [1.29, 1.82) is 0 Å². The molecule has 0 bridgehead atoms. The number of nitrogens with zero attached hydrogens (tertiary/aromatic N) is 1. The highest BCUT2D eigenvalue weighted by atomic mass is 32.2. The summed E-state index contributed by atoms with van der Waals surface area (Å²) >= 11 is 0. The number of hydrogen-bond acceptors (Lipinski definition) is 4. The molecule has 0 saturated carbocycles. The zero-order chi connectivity index (χ0) is 21.4. The third-order valence-corrected chi connectivity index (χ3v) is 7.30. The first kappa shape index (κ1) is 22.3. The van der Waals surface area contributed by atoms with Gasteiger partial charge in [0.2, 0.25) is 15.9 Å². The quantitative estimate of drug-likeness (QED) is 0.600. The average Bonchev–Trinajstić information content (AvgIpc) is 2.77. The van der Waals surface area contributed by atoms with Crippen molar-refractivity contribution in [3.05, 3.63) is 59.7 Å². The summed E-state index contributed by atoms with van der Waals surface area (Å²) in [5.74, 6) is -0.105. The first-order chi connectivity index (χ1) is 14.5. The van der Waals surface area contributed by atoms with Gasteiger partial charge < -0.3 is 10.6 Å². The van der Waals surface area contributed by atoms with Crippen LogP contribution in [-0.2, 0) is 21.2 Å². The lowest BCUT2D eigenvalue weighted by Crippen LogP contribution is -2.35. The van der Waals surface area contributed by atoms with Crippen LogP contribution < -0.4 is 10.6 Å². The fourth-order valence-electron chi connectivity index (χ4n) is 3.61. The molecule has 1 amide bonds. The van der Waals surface area contributed by atoms with E-state index in [1.807, 2.05) is 25.1 Å². The molecule has 2 N–H and O–H groups in total. The predicted octanol–water partition coefficient (Wildman–Crippen LogP) is 3.33. The van der Waals surface area contributed by atoms with Crippen molar-refractivity contribution in [3.63, 3.8) is 0 Å². The van der Waals surface area contributed by atoms with Gasteiger partial charge in [-0.2, -0.15) is 4.31 Å². The van der Waals surface area contributed by atoms with Crippen LogP contribution >= 0.6 is 0 Å². The fourth-order valence-corrected chi connectivity index (χ4v) is 5.15. The minimum atomic E-state index is -3.49. The normalized spacial score (nSPS) is 15.0. The van der Waals surface area contributed by atoms with Crippen molar-refractivity contribution in [3.8, 4) is 0 Å². The summed E-state index contributed by atoms with van der Waals surface area (Å²) in [5, 5.41) is 6.00. The first-order valence-corrected chi connectivity index (χ1v) is 12.1. The number of hydrogen-bond donors (Lipinski definition) is 2. The van der Waals surface area contributed by atoms with Gasteiger partial charge in [0.25, 0.3) is 0 Å². The lowest BCUT2D eigenvalue weighted by Gasteiger charge is -2.26. The third kappa shape index (κ3) is 6.06. The van der Waals surface area contributed by atoms with Crippen LogP contribution in [0, 0.1) is 6.92 Å². The van der Waals surface area contributed by atoms with Gasteiger partial charge in [-0.15, -0.1) is 0 Å². The van der Waals surface area contributed by atoms with Gasteiger partial charge in [-0.05, 0) is 55.9 Å². The molecule has 1 aliphatic rings. The zero-order valence-corrected chi connectivity index (χ0v) is 18.4. The van der Waals surface area contributed by atoms with Crippen LogP contribution in [0.25, 0.3) is 0 Å². The summed E-state index contributed by atoms with van der Waals surface area (Å²) < 4.78 is 27.4. The van der Waals surface area contributed by atoms with Gasteiger partial charge in [-0.25, -0.2) is 8.42 Å². The van der Waals surface area contributed by atoms with E-state index >= 15 is 0 Å². The molecule has 0 radical (unpaired) electrons. The number of carbonyl (C=O) groups excluding carboxylic acids is 1. The topological polar surface area (TPSA) is 78.5 Å². The molecule has 2 aromatic carbocycles. The number of carbonyl (C=O) groups is 1. The Morgan fingerprint density at radius 2 is 1.77 bits per heavy atom. The smallest absolute Gasteiger partial charge is 0.243 e. The fraction of sp³-hybridized carbons (Fsp3) is 0.435. The molecule has 0 spiro atoms. The van der Waals surface area contributed by atoms with E-state index in [9.17, 15) is 13.2 Å². The van der Waals surface area contributed by atoms with Crippen LogP contribution in [0.1, 0.15) is 36.8 Å². The Bertz CT molecular complexity index is 939. The number of amides is 1. The Labute approximate surface area is 179 Å². The third-order valence-electron chi connectivity index (χ3n) is 5.41. The van der Waals surface area contributed by atoms with Crippen molar-refractivity contribution in [2.24, 2.45) is 0 Å². The molecule has 30 heavy (non-hydrogen) atoms. The van der Waals surface area contributed by atoms with Crippen molar-refractivity contribution < 1.29 is 13.2 Å². The van der Waals surface area contributed by atoms with Crippen LogP contribution in [0.5, 0.6) is 0 Å². The molecule has 0 unspecified atom stereocenters. The van der Waals surface area contributed by atoms with Crippen LogP contribution in [-0.4, -0.2) is 44.8 Å². The minimum Gasteiger partial charge on any atom is -0.376 e. The van der Waals surface area contributed by atoms with Gasteiger partial charge >= 0.3 is 0 Å². The number of piperidine rings is 1. The molecule has 2 aromatic rings. The maximum atomic E-state index is 12.9. The van der Waals surface area contributed by atoms with Crippen LogP contribution in [0.4, 0.5) is 5.69 Å². The highest BCUT2D eigenvalue weighted by molar-refractivity contribution is 7.89. The van der Waals surface area contributed by atoms with Gasteiger partial charge in [0.1, 0.15) is 0 Å². The van der Waals surface area contributed by atoms with Crippen LogP contribution in [0.15, 0.2) is 53.4 Å². The maximum absolute atomic E-state index is 12.9. The molecule has 6 nitrogen and oxygen atoms in total. The summed E-state index contributed by atoms with van der Waals surface area (Å²) in [7, 11) is -3.49. The first-order valence-electron chi connectivity index (χ1n) is 10.6. The highest BCUT2D eigenvalue weighted by Gasteiger charge is 2.26. The molecular weight excluding hydrogens is 398 g/mol. The molecule has 162 valence electrons. The zero-order valence-electron chi connectivity index (χ0n) is 17.6. The average molecular weight is 430 g/mol. The SMILES string of the molecule is Cc1ccc(S(=O)(=O)N2CCCCC2)cc1NCC(=O)NCCCc1ccccc1. The van der Waals surface area contributed by atoms with E-state index in [4.69, 9.17) is 0 Å². The van der Waals surface area contributed by atoms with E-state index in [1.54, 1.807) is 22.5 Å². The molecule has 0 aliphatic carbocycles. The monoisotopic (exact) mass is 429 g/mol. The van der Waals surface area contributed by atoms with Crippen LogP contribution in [0.2, 0.25) is 0 Å². The lowest BCUT2D eigenvalue weighted by molar-refractivity contribution is -0.119. The second-order valence-electron chi connectivity index (χ2n) is 7.73. The molecule has 7 heteroatoms. The van der Waals surface area contributed by atoms with Crippen LogP contribution in [0.3, 0.4) is 0 Å². The Hall–Kier alpha value is -2.38.